The van der Waals surface area contributed by atoms with Crippen LogP contribution in [0.3, 0.4) is 0 Å². The van der Waals surface area contributed by atoms with Gasteiger partial charge in [0.25, 0.3) is 0 Å². The summed E-state index contributed by atoms with van der Waals surface area (Å²) in [6.07, 6.45) is -0.522. The molecule has 0 aromatic carbocycles. The third-order valence-electron chi connectivity index (χ3n) is 4.39. The van der Waals surface area contributed by atoms with E-state index in [1.54, 1.807) is 13.8 Å². The zero-order valence-corrected chi connectivity index (χ0v) is 13.0. The number of rotatable bonds is 6. The molecule has 3 nitrogen and oxygen atoms in total. The zero-order valence-electron chi connectivity index (χ0n) is 13.0. The first-order valence-electron chi connectivity index (χ1n) is 7.71. The second-order valence-electron chi connectivity index (χ2n) is 6.36. The van der Waals surface area contributed by atoms with Crippen LogP contribution in [0.2, 0.25) is 0 Å². The fourth-order valence-electron chi connectivity index (χ4n) is 3.45. The predicted octanol–water partition coefficient (Wildman–Crippen LogP) is 3.93. The summed E-state index contributed by atoms with van der Waals surface area (Å²) < 4.78 is 38.4. The molecule has 1 rings (SSSR count). The smallest absolute Gasteiger partial charge is 0.401 e. The molecule has 0 amide bonds. The third-order valence-corrected chi connectivity index (χ3v) is 4.39. The first kappa shape index (κ1) is 18.3. The summed E-state index contributed by atoms with van der Waals surface area (Å²) in [5, 5.41) is 9.35. The van der Waals surface area contributed by atoms with E-state index in [4.69, 9.17) is 0 Å². The Morgan fingerprint density at radius 3 is 2.38 bits per heavy atom. The van der Waals surface area contributed by atoms with Crippen molar-refractivity contribution in [1.82, 2.24) is 4.90 Å². The molecule has 0 aliphatic heterocycles. The lowest BCUT2D eigenvalue weighted by atomic mass is 9.75. The van der Waals surface area contributed by atoms with Gasteiger partial charge in [-0.05, 0) is 39.0 Å². The summed E-state index contributed by atoms with van der Waals surface area (Å²) in [4.78, 5) is 12.7. The molecule has 21 heavy (non-hydrogen) atoms. The molecule has 1 N–H and O–H groups in total. The van der Waals surface area contributed by atoms with Crippen LogP contribution >= 0.6 is 0 Å². The molecule has 0 aromatic heterocycles. The quantitative estimate of drug-likeness (QED) is 0.808. The number of hydrogen-bond acceptors (Lipinski definition) is 2. The van der Waals surface area contributed by atoms with Crippen LogP contribution in [-0.2, 0) is 4.79 Å². The number of hydrogen-bond donors (Lipinski definition) is 1. The van der Waals surface area contributed by atoms with Crippen molar-refractivity contribution in [3.8, 4) is 0 Å². The average Bonchev–Trinajstić information content (AvgIpc) is 2.34. The van der Waals surface area contributed by atoms with Crippen LogP contribution in [-0.4, -0.2) is 40.8 Å². The second kappa shape index (κ2) is 7.47. The summed E-state index contributed by atoms with van der Waals surface area (Å²) >= 11 is 0. The van der Waals surface area contributed by atoms with E-state index >= 15 is 0 Å². The van der Waals surface area contributed by atoms with Gasteiger partial charge in [0.2, 0.25) is 0 Å². The van der Waals surface area contributed by atoms with Crippen molar-refractivity contribution in [2.75, 3.05) is 6.54 Å². The minimum atomic E-state index is -4.30. The van der Waals surface area contributed by atoms with Crippen LogP contribution in [0.15, 0.2) is 0 Å². The molecule has 0 aromatic rings. The van der Waals surface area contributed by atoms with Gasteiger partial charge in [-0.15, -0.1) is 0 Å². The van der Waals surface area contributed by atoms with Crippen molar-refractivity contribution < 1.29 is 23.1 Å². The number of halogens is 3. The van der Waals surface area contributed by atoms with E-state index in [1.165, 1.54) is 4.90 Å². The van der Waals surface area contributed by atoms with Crippen molar-refractivity contribution in [1.29, 1.82) is 0 Å². The van der Waals surface area contributed by atoms with Crippen LogP contribution < -0.4 is 0 Å². The maximum atomic E-state index is 12.8. The van der Waals surface area contributed by atoms with Gasteiger partial charge in [-0.2, -0.15) is 13.2 Å². The number of nitrogens with zero attached hydrogens (tertiary/aromatic N) is 1. The molecule has 1 saturated carbocycles. The highest BCUT2D eigenvalue weighted by Gasteiger charge is 2.42. The Morgan fingerprint density at radius 1 is 1.33 bits per heavy atom. The normalized spacial score (nSPS) is 27.3. The predicted molar refractivity (Wildman–Crippen MR) is 75.1 cm³/mol. The molecule has 3 atom stereocenters. The van der Waals surface area contributed by atoms with E-state index < -0.39 is 30.7 Å². The number of carboxylic acid groups (broad SMARTS) is 1. The lowest BCUT2D eigenvalue weighted by Gasteiger charge is -2.43. The highest BCUT2D eigenvalue weighted by Crippen LogP contribution is 2.37. The molecule has 0 spiro atoms. The maximum Gasteiger partial charge on any atom is 0.401 e. The highest BCUT2D eigenvalue weighted by molar-refractivity contribution is 5.71. The monoisotopic (exact) mass is 309 g/mol. The Labute approximate surface area is 124 Å². The molecule has 1 fully saturated rings. The molecule has 6 heteroatoms. The third kappa shape index (κ3) is 5.49. The van der Waals surface area contributed by atoms with Crippen molar-refractivity contribution in [2.45, 2.75) is 71.1 Å². The van der Waals surface area contributed by atoms with Gasteiger partial charge in [-0.25, -0.2) is 0 Å². The summed E-state index contributed by atoms with van der Waals surface area (Å²) in [5.74, 6) is -1.32. The van der Waals surface area contributed by atoms with Crippen molar-refractivity contribution in [3.05, 3.63) is 0 Å². The minimum absolute atomic E-state index is 0.321. The Morgan fingerprint density at radius 2 is 1.95 bits per heavy atom. The second-order valence-corrected chi connectivity index (χ2v) is 6.36. The molecule has 0 bridgehead atoms. The van der Waals surface area contributed by atoms with Gasteiger partial charge in [-0.1, -0.05) is 19.8 Å². The first-order valence-corrected chi connectivity index (χ1v) is 7.71. The van der Waals surface area contributed by atoms with Crippen LogP contribution in [0.25, 0.3) is 0 Å². The van der Waals surface area contributed by atoms with E-state index in [9.17, 15) is 23.1 Å². The van der Waals surface area contributed by atoms with Gasteiger partial charge in [0.05, 0.1) is 12.5 Å². The number of carboxylic acids is 1. The van der Waals surface area contributed by atoms with Gasteiger partial charge in [-0.3, -0.25) is 9.69 Å². The van der Waals surface area contributed by atoms with Gasteiger partial charge in [0.1, 0.15) is 0 Å². The Hall–Kier alpha value is -0.780. The zero-order chi connectivity index (χ0) is 16.2. The fraction of sp³-hybridized carbons (Fsp3) is 0.933. The van der Waals surface area contributed by atoms with E-state index in [0.29, 0.717) is 18.8 Å². The Bertz CT molecular complexity index is 344. The lowest BCUT2D eigenvalue weighted by molar-refractivity contribution is -0.167. The minimum Gasteiger partial charge on any atom is -0.481 e. The molecular formula is C15H26F3NO2. The van der Waals surface area contributed by atoms with Crippen LogP contribution in [0, 0.1) is 11.8 Å². The van der Waals surface area contributed by atoms with Gasteiger partial charge in [0.15, 0.2) is 0 Å². The summed E-state index contributed by atoms with van der Waals surface area (Å²) in [6.45, 7) is 4.42. The number of aliphatic carboxylic acids is 1. The van der Waals surface area contributed by atoms with Gasteiger partial charge in [0, 0.05) is 12.1 Å². The average molecular weight is 309 g/mol. The SMILES string of the molecule is CCCC1CCC(C(=O)O)C(N(CC(F)(F)F)C(C)C)C1. The fourth-order valence-corrected chi connectivity index (χ4v) is 3.45. The van der Waals surface area contributed by atoms with Crippen LogP contribution in [0.1, 0.15) is 52.9 Å². The van der Waals surface area contributed by atoms with E-state index in [1.807, 2.05) is 6.92 Å². The summed E-state index contributed by atoms with van der Waals surface area (Å²) in [7, 11) is 0. The molecule has 124 valence electrons. The van der Waals surface area contributed by atoms with E-state index in [2.05, 4.69) is 0 Å². The number of carbonyl (C=O) groups is 1. The maximum absolute atomic E-state index is 12.8. The highest BCUT2D eigenvalue weighted by atomic mass is 19.4. The Kier molecular flexibility index (Phi) is 6.50. The lowest BCUT2D eigenvalue weighted by Crippen LogP contribution is -2.53. The first-order chi connectivity index (χ1) is 9.65. The molecule has 0 saturated heterocycles. The topological polar surface area (TPSA) is 40.5 Å². The molecule has 0 radical (unpaired) electrons. The molecule has 0 heterocycles. The van der Waals surface area contributed by atoms with Gasteiger partial charge < -0.3 is 5.11 Å². The summed E-state index contributed by atoms with van der Waals surface area (Å²) in [5.41, 5.74) is 0. The van der Waals surface area contributed by atoms with E-state index in [-0.39, 0.29) is 6.04 Å². The molecule has 1 aliphatic carbocycles. The number of alkyl halides is 3. The van der Waals surface area contributed by atoms with Crippen LogP contribution in [0.5, 0.6) is 0 Å². The molecule has 1 aliphatic rings. The summed E-state index contributed by atoms with van der Waals surface area (Å²) in [6, 6.07) is -0.840. The van der Waals surface area contributed by atoms with Gasteiger partial charge >= 0.3 is 12.1 Å². The molecule has 3 unspecified atom stereocenters. The largest absolute Gasteiger partial charge is 0.481 e. The Balaban J connectivity index is 2.93. The van der Waals surface area contributed by atoms with Crippen molar-refractivity contribution in [3.63, 3.8) is 0 Å². The van der Waals surface area contributed by atoms with Crippen molar-refractivity contribution >= 4 is 5.97 Å². The molecular weight excluding hydrogens is 283 g/mol. The van der Waals surface area contributed by atoms with Crippen molar-refractivity contribution in [2.24, 2.45) is 11.8 Å². The van der Waals surface area contributed by atoms with Crippen LogP contribution in [0.4, 0.5) is 13.2 Å². The van der Waals surface area contributed by atoms with E-state index in [0.717, 1.165) is 19.3 Å². The standard InChI is InChI=1S/C15H26F3NO2/c1-4-5-11-6-7-12(14(20)21)13(8-11)19(10(2)3)9-15(16,17)18/h10-13H,4-9H2,1-3H3,(H,20,21).